The Bertz CT molecular complexity index is 859. The number of rotatable bonds is 4. The molecular weight excluding hydrogens is 362 g/mol. The number of pyridine rings is 1. The molecule has 1 aliphatic rings. The summed E-state index contributed by atoms with van der Waals surface area (Å²) in [6.07, 6.45) is 5.19. The molecule has 3 rings (SSSR count). The minimum Gasteiger partial charge on any atom is -0.369 e. The maximum atomic E-state index is 13.2. The van der Waals surface area contributed by atoms with Crippen molar-refractivity contribution in [2.75, 3.05) is 0 Å². The van der Waals surface area contributed by atoms with E-state index in [4.69, 9.17) is 28.9 Å². The number of nitrogens with zero attached hydrogens (tertiary/aromatic N) is 1. The highest BCUT2D eigenvalue weighted by atomic mass is 35.5. The van der Waals surface area contributed by atoms with Gasteiger partial charge in [-0.2, -0.15) is 0 Å². The third-order valence-corrected chi connectivity index (χ3v) is 4.75. The predicted octanol–water partition coefficient (Wildman–Crippen LogP) is 4.90. The molecule has 2 unspecified atom stereocenters. The van der Waals surface area contributed by atoms with Gasteiger partial charge in [0.15, 0.2) is 0 Å². The van der Waals surface area contributed by atoms with Crippen LogP contribution in [-0.4, -0.2) is 10.9 Å². The molecule has 1 heterocycles. The maximum Gasteiger partial charge on any atom is 0.231 e. The van der Waals surface area contributed by atoms with Crippen molar-refractivity contribution in [3.8, 4) is 0 Å². The predicted molar refractivity (Wildman–Crippen MR) is 97.4 cm³/mol. The summed E-state index contributed by atoms with van der Waals surface area (Å²) in [6.45, 7) is 0. The van der Waals surface area contributed by atoms with Crippen molar-refractivity contribution in [3.05, 3.63) is 87.4 Å². The van der Waals surface area contributed by atoms with Crippen molar-refractivity contribution < 1.29 is 9.18 Å². The summed E-state index contributed by atoms with van der Waals surface area (Å²) in [5, 5.41) is 0.706. The van der Waals surface area contributed by atoms with Crippen LogP contribution in [0.2, 0.25) is 10.0 Å². The first-order valence-electron chi connectivity index (χ1n) is 7.71. The van der Waals surface area contributed by atoms with E-state index in [2.05, 4.69) is 4.98 Å². The number of allylic oxidation sites excluding steroid dienone is 4. The van der Waals surface area contributed by atoms with Crippen LogP contribution in [0.15, 0.2) is 60.5 Å². The summed E-state index contributed by atoms with van der Waals surface area (Å²) >= 11 is 12.5. The van der Waals surface area contributed by atoms with Gasteiger partial charge in [0, 0.05) is 27.2 Å². The van der Waals surface area contributed by atoms with Crippen LogP contribution >= 0.6 is 23.2 Å². The average Bonchev–Trinajstić information content (AvgIpc) is 2.58. The number of benzene rings is 1. The van der Waals surface area contributed by atoms with Gasteiger partial charge in [-0.15, -0.1) is 0 Å². The molecule has 1 amide bonds. The van der Waals surface area contributed by atoms with E-state index in [1.165, 1.54) is 12.2 Å². The van der Waals surface area contributed by atoms with Gasteiger partial charge >= 0.3 is 0 Å². The van der Waals surface area contributed by atoms with E-state index in [1.54, 1.807) is 36.4 Å². The molecular formula is C19H15Cl2FN2O. The number of hydrogen-bond donors (Lipinski definition) is 1. The van der Waals surface area contributed by atoms with Gasteiger partial charge in [0.1, 0.15) is 11.7 Å². The molecule has 3 nitrogen and oxygen atoms in total. The number of carbonyl (C=O) groups is 1. The van der Waals surface area contributed by atoms with Crippen molar-refractivity contribution in [2.24, 2.45) is 5.73 Å². The fourth-order valence-corrected chi connectivity index (χ4v) is 3.49. The van der Waals surface area contributed by atoms with Crippen LogP contribution in [0.4, 0.5) is 4.39 Å². The third kappa shape index (κ3) is 3.75. The van der Waals surface area contributed by atoms with E-state index in [1.807, 2.05) is 6.07 Å². The Balaban J connectivity index is 2.03. The molecule has 6 heteroatoms. The lowest BCUT2D eigenvalue weighted by molar-refractivity contribution is -0.118. The molecule has 0 saturated carbocycles. The van der Waals surface area contributed by atoms with Crippen LogP contribution in [0.25, 0.3) is 0 Å². The molecule has 25 heavy (non-hydrogen) atoms. The molecule has 0 aliphatic heterocycles. The van der Waals surface area contributed by atoms with E-state index in [0.717, 1.165) is 5.69 Å². The minimum atomic E-state index is -0.860. The molecule has 0 bridgehead atoms. The molecule has 2 N–H and O–H groups in total. The Morgan fingerprint density at radius 3 is 2.48 bits per heavy atom. The van der Waals surface area contributed by atoms with Gasteiger partial charge in [-0.05, 0) is 42.8 Å². The highest BCUT2D eigenvalue weighted by Gasteiger charge is 2.27. The number of aromatic nitrogens is 1. The molecule has 0 spiro atoms. The van der Waals surface area contributed by atoms with Crippen molar-refractivity contribution in [1.82, 2.24) is 4.98 Å². The Morgan fingerprint density at radius 2 is 1.88 bits per heavy atom. The second-order valence-corrected chi connectivity index (χ2v) is 6.56. The third-order valence-electron chi connectivity index (χ3n) is 4.10. The summed E-state index contributed by atoms with van der Waals surface area (Å²) < 4.78 is 13.2. The van der Waals surface area contributed by atoms with Gasteiger partial charge in [-0.3, -0.25) is 9.78 Å². The van der Waals surface area contributed by atoms with Crippen molar-refractivity contribution in [3.63, 3.8) is 0 Å². The minimum absolute atomic E-state index is 0.0605. The Labute approximate surface area is 155 Å². The zero-order valence-electron chi connectivity index (χ0n) is 13.1. The fourth-order valence-electron chi connectivity index (χ4n) is 2.87. The van der Waals surface area contributed by atoms with Crippen LogP contribution < -0.4 is 5.73 Å². The van der Waals surface area contributed by atoms with E-state index in [-0.39, 0.29) is 11.7 Å². The van der Waals surface area contributed by atoms with Crippen LogP contribution in [0.1, 0.15) is 35.2 Å². The summed E-state index contributed by atoms with van der Waals surface area (Å²) in [4.78, 5) is 16.7. The summed E-state index contributed by atoms with van der Waals surface area (Å²) in [6, 6.07) is 10.3. The SMILES string of the molecule is NC(=O)C(c1cccc(C2C=CC(F)=CC2)n1)c1c(Cl)cccc1Cl. The highest BCUT2D eigenvalue weighted by molar-refractivity contribution is 6.36. The van der Waals surface area contributed by atoms with Gasteiger partial charge in [0.05, 0.1) is 5.69 Å². The number of nitrogens with two attached hydrogens (primary N) is 1. The van der Waals surface area contributed by atoms with Crippen LogP contribution in [-0.2, 0) is 4.79 Å². The molecule has 128 valence electrons. The topological polar surface area (TPSA) is 56.0 Å². The molecule has 0 fully saturated rings. The zero-order chi connectivity index (χ0) is 18.0. The molecule has 0 radical (unpaired) electrons. The zero-order valence-corrected chi connectivity index (χ0v) is 14.6. The number of amides is 1. The molecule has 0 saturated heterocycles. The van der Waals surface area contributed by atoms with Crippen LogP contribution in [0.3, 0.4) is 0 Å². The molecule has 2 atom stereocenters. The smallest absolute Gasteiger partial charge is 0.231 e. The number of halogens is 3. The first kappa shape index (κ1) is 17.6. The van der Waals surface area contributed by atoms with Gasteiger partial charge in [0.25, 0.3) is 0 Å². The van der Waals surface area contributed by atoms with Gasteiger partial charge in [-0.1, -0.05) is 41.4 Å². The molecule has 1 aromatic carbocycles. The van der Waals surface area contributed by atoms with E-state index < -0.39 is 11.8 Å². The van der Waals surface area contributed by atoms with E-state index in [9.17, 15) is 9.18 Å². The number of primary amides is 1. The fraction of sp³-hybridized carbons (Fsp3) is 0.158. The Kier molecular flexibility index (Phi) is 5.21. The second-order valence-electron chi connectivity index (χ2n) is 5.75. The van der Waals surface area contributed by atoms with Crippen molar-refractivity contribution >= 4 is 29.1 Å². The largest absolute Gasteiger partial charge is 0.369 e. The maximum absolute atomic E-state index is 13.2. The Hall–Kier alpha value is -2.17. The van der Waals surface area contributed by atoms with Gasteiger partial charge < -0.3 is 5.73 Å². The Morgan fingerprint density at radius 1 is 1.20 bits per heavy atom. The van der Waals surface area contributed by atoms with Crippen LogP contribution in [0.5, 0.6) is 0 Å². The van der Waals surface area contributed by atoms with E-state index >= 15 is 0 Å². The summed E-state index contributed by atoms with van der Waals surface area (Å²) in [5.74, 6) is -1.77. The normalized spacial score (nSPS) is 17.9. The number of hydrogen-bond acceptors (Lipinski definition) is 2. The average molecular weight is 377 g/mol. The lowest BCUT2D eigenvalue weighted by Gasteiger charge is -2.19. The second kappa shape index (κ2) is 7.38. The van der Waals surface area contributed by atoms with Crippen molar-refractivity contribution in [2.45, 2.75) is 18.3 Å². The lowest BCUT2D eigenvalue weighted by atomic mass is 9.92. The van der Waals surface area contributed by atoms with Gasteiger partial charge in [0.2, 0.25) is 5.91 Å². The highest BCUT2D eigenvalue weighted by Crippen LogP contribution is 2.36. The van der Waals surface area contributed by atoms with Gasteiger partial charge in [-0.25, -0.2) is 4.39 Å². The summed E-state index contributed by atoms with van der Waals surface area (Å²) in [5.41, 5.74) is 7.24. The van der Waals surface area contributed by atoms with E-state index in [0.29, 0.717) is 27.7 Å². The quantitative estimate of drug-likeness (QED) is 0.824. The van der Waals surface area contributed by atoms with Crippen LogP contribution in [0, 0.1) is 0 Å². The standard InChI is InChI=1S/C19H15Cl2FN2O/c20-13-3-1-4-14(21)17(13)18(19(23)25)16-6-2-5-15(24-16)11-7-9-12(22)10-8-11/h1-7,9-11,18H,8H2,(H2,23,25). The molecule has 2 aromatic rings. The van der Waals surface area contributed by atoms with Crippen molar-refractivity contribution in [1.29, 1.82) is 0 Å². The monoisotopic (exact) mass is 376 g/mol. The number of carbonyl (C=O) groups excluding carboxylic acids is 1. The summed E-state index contributed by atoms with van der Waals surface area (Å²) in [7, 11) is 0. The lowest BCUT2D eigenvalue weighted by Crippen LogP contribution is -2.24. The first-order valence-corrected chi connectivity index (χ1v) is 8.47. The molecule has 1 aromatic heterocycles. The molecule has 1 aliphatic carbocycles. The first-order chi connectivity index (χ1) is 12.0.